The molecule has 0 unspecified atom stereocenters. The van der Waals surface area contributed by atoms with E-state index in [1.807, 2.05) is 0 Å². The number of amides is 1. The van der Waals surface area contributed by atoms with E-state index in [2.05, 4.69) is 34.2 Å². The zero-order chi connectivity index (χ0) is 15.0. The molecule has 0 bridgehead atoms. The van der Waals surface area contributed by atoms with Crippen molar-refractivity contribution in [2.45, 2.75) is 26.2 Å². The van der Waals surface area contributed by atoms with Gasteiger partial charge in [-0.05, 0) is 58.8 Å². The molecular formula is C15H13BrN2O2S. The summed E-state index contributed by atoms with van der Waals surface area (Å²) >= 11 is 4.68. The molecule has 2 aromatic rings. The lowest BCUT2D eigenvalue weighted by Crippen LogP contribution is -2.11. The second-order valence-electron chi connectivity index (χ2n) is 5.23. The third-order valence-corrected chi connectivity index (χ3v) is 5.28. The van der Waals surface area contributed by atoms with Gasteiger partial charge in [-0.1, -0.05) is 6.92 Å². The summed E-state index contributed by atoms with van der Waals surface area (Å²) in [5.74, 6) is 0.484. The Labute approximate surface area is 134 Å². The van der Waals surface area contributed by atoms with Crippen LogP contribution in [0.15, 0.2) is 21.2 Å². The van der Waals surface area contributed by atoms with Crippen molar-refractivity contribution < 1.29 is 9.21 Å². The van der Waals surface area contributed by atoms with Gasteiger partial charge in [-0.15, -0.1) is 11.3 Å². The van der Waals surface area contributed by atoms with Gasteiger partial charge in [-0.3, -0.25) is 4.79 Å². The standard InChI is InChI=1S/C15H13BrN2O2S/c1-8-2-4-12-9(6-8)10(7-17)15(21-12)18-14(19)11-3-5-13(16)20-11/h3,5,8H,2,4,6H2,1H3,(H,18,19)/t8-/m0/s1. The van der Waals surface area contributed by atoms with Crippen molar-refractivity contribution in [3.63, 3.8) is 0 Å². The van der Waals surface area contributed by atoms with Crippen LogP contribution in [0, 0.1) is 17.2 Å². The summed E-state index contributed by atoms with van der Waals surface area (Å²) in [6, 6.07) is 5.51. The van der Waals surface area contributed by atoms with Crippen LogP contribution < -0.4 is 5.32 Å². The molecule has 3 rings (SSSR count). The number of nitrogens with one attached hydrogen (secondary N) is 1. The van der Waals surface area contributed by atoms with Crippen molar-refractivity contribution >= 4 is 38.2 Å². The van der Waals surface area contributed by atoms with Crippen LogP contribution in [0.25, 0.3) is 0 Å². The van der Waals surface area contributed by atoms with Gasteiger partial charge in [0.2, 0.25) is 0 Å². The second kappa shape index (κ2) is 5.66. The molecule has 2 heterocycles. The van der Waals surface area contributed by atoms with E-state index in [9.17, 15) is 10.1 Å². The van der Waals surface area contributed by atoms with Gasteiger partial charge in [0.05, 0.1) is 5.56 Å². The fraction of sp³-hybridized carbons (Fsp3) is 0.333. The molecule has 0 spiro atoms. The first-order chi connectivity index (χ1) is 10.1. The normalized spacial score (nSPS) is 17.1. The van der Waals surface area contributed by atoms with Crippen LogP contribution in [0.2, 0.25) is 0 Å². The summed E-state index contributed by atoms with van der Waals surface area (Å²) in [4.78, 5) is 13.4. The maximum absolute atomic E-state index is 12.1. The molecule has 21 heavy (non-hydrogen) atoms. The Balaban J connectivity index is 1.89. The van der Waals surface area contributed by atoms with Gasteiger partial charge < -0.3 is 9.73 Å². The maximum atomic E-state index is 12.1. The minimum Gasteiger partial charge on any atom is -0.444 e. The van der Waals surface area contributed by atoms with Crippen LogP contribution >= 0.6 is 27.3 Å². The molecule has 6 heteroatoms. The fourth-order valence-corrected chi connectivity index (χ4v) is 4.06. The van der Waals surface area contributed by atoms with Crippen LogP contribution in [-0.4, -0.2) is 5.91 Å². The topological polar surface area (TPSA) is 66.0 Å². The average Bonchev–Trinajstić information content (AvgIpc) is 3.02. The minimum atomic E-state index is -0.330. The van der Waals surface area contributed by atoms with Crippen molar-refractivity contribution in [1.82, 2.24) is 0 Å². The van der Waals surface area contributed by atoms with E-state index >= 15 is 0 Å². The van der Waals surface area contributed by atoms with Crippen LogP contribution in [-0.2, 0) is 12.8 Å². The Hall–Kier alpha value is -1.58. The van der Waals surface area contributed by atoms with Crippen LogP contribution in [0.5, 0.6) is 0 Å². The van der Waals surface area contributed by atoms with Crippen LogP contribution in [0.1, 0.15) is 39.9 Å². The summed E-state index contributed by atoms with van der Waals surface area (Å²) in [5, 5.41) is 12.9. The Morgan fingerprint density at radius 2 is 2.38 bits per heavy atom. The quantitative estimate of drug-likeness (QED) is 0.860. The first kappa shape index (κ1) is 14.4. The highest BCUT2D eigenvalue weighted by Crippen LogP contribution is 2.39. The largest absolute Gasteiger partial charge is 0.444 e. The highest BCUT2D eigenvalue weighted by Gasteiger charge is 2.25. The van der Waals surface area contributed by atoms with E-state index in [0.717, 1.165) is 24.8 Å². The molecule has 1 N–H and O–H groups in total. The lowest BCUT2D eigenvalue weighted by atomic mass is 9.88. The van der Waals surface area contributed by atoms with E-state index < -0.39 is 0 Å². The zero-order valence-corrected chi connectivity index (χ0v) is 13.8. The van der Waals surface area contributed by atoms with Crippen molar-refractivity contribution in [3.05, 3.63) is 38.6 Å². The van der Waals surface area contributed by atoms with E-state index in [4.69, 9.17) is 4.42 Å². The van der Waals surface area contributed by atoms with Crippen molar-refractivity contribution in [1.29, 1.82) is 5.26 Å². The number of halogens is 1. The monoisotopic (exact) mass is 364 g/mol. The zero-order valence-electron chi connectivity index (χ0n) is 11.4. The highest BCUT2D eigenvalue weighted by atomic mass is 79.9. The van der Waals surface area contributed by atoms with Crippen molar-refractivity contribution in [2.75, 3.05) is 5.32 Å². The summed E-state index contributed by atoms with van der Waals surface area (Å²) in [5.41, 5.74) is 1.72. The van der Waals surface area contributed by atoms with Gasteiger partial charge in [-0.25, -0.2) is 0 Å². The van der Waals surface area contributed by atoms with Gasteiger partial charge in [-0.2, -0.15) is 5.26 Å². The third kappa shape index (κ3) is 2.76. The van der Waals surface area contributed by atoms with Gasteiger partial charge in [0.1, 0.15) is 11.1 Å². The lowest BCUT2D eigenvalue weighted by Gasteiger charge is -2.17. The Kier molecular flexibility index (Phi) is 3.87. The predicted octanol–water partition coefficient (Wildman–Crippen LogP) is 4.35. The average molecular weight is 365 g/mol. The molecule has 4 nitrogen and oxygen atoms in total. The van der Waals surface area contributed by atoms with E-state index in [-0.39, 0.29) is 11.7 Å². The number of hydrogen-bond acceptors (Lipinski definition) is 4. The number of hydrogen-bond donors (Lipinski definition) is 1. The predicted molar refractivity (Wildman–Crippen MR) is 84.6 cm³/mol. The number of nitrogens with zero attached hydrogens (tertiary/aromatic N) is 1. The molecule has 0 aromatic carbocycles. The lowest BCUT2D eigenvalue weighted by molar-refractivity contribution is 0.0996. The SMILES string of the molecule is C[C@H]1CCc2sc(NC(=O)c3ccc(Br)o3)c(C#N)c2C1. The summed E-state index contributed by atoms with van der Waals surface area (Å²) in [6.45, 7) is 2.19. The molecule has 108 valence electrons. The number of thiophene rings is 1. The first-order valence-corrected chi connectivity index (χ1v) is 8.30. The van der Waals surface area contributed by atoms with Crippen molar-refractivity contribution in [2.24, 2.45) is 5.92 Å². The first-order valence-electron chi connectivity index (χ1n) is 6.69. The summed E-state index contributed by atoms with van der Waals surface area (Å²) in [6.07, 6.45) is 3.03. The van der Waals surface area contributed by atoms with E-state index in [0.29, 0.717) is 21.2 Å². The van der Waals surface area contributed by atoms with Gasteiger partial charge in [0.15, 0.2) is 10.4 Å². The molecule has 1 amide bonds. The molecular weight excluding hydrogens is 352 g/mol. The second-order valence-corrected chi connectivity index (χ2v) is 7.11. The number of anilines is 1. The number of furan rings is 1. The molecule has 0 saturated heterocycles. The minimum absolute atomic E-state index is 0.227. The van der Waals surface area contributed by atoms with E-state index in [1.165, 1.54) is 16.2 Å². The number of rotatable bonds is 2. The number of nitriles is 1. The molecule has 0 radical (unpaired) electrons. The van der Waals surface area contributed by atoms with Crippen LogP contribution in [0.4, 0.5) is 5.00 Å². The highest BCUT2D eigenvalue weighted by molar-refractivity contribution is 9.10. The number of aryl methyl sites for hydroxylation is 1. The maximum Gasteiger partial charge on any atom is 0.292 e. The molecule has 1 atom stereocenters. The Morgan fingerprint density at radius 3 is 3.05 bits per heavy atom. The fourth-order valence-electron chi connectivity index (χ4n) is 2.57. The smallest absolute Gasteiger partial charge is 0.292 e. The number of carbonyl (C=O) groups excluding carboxylic acids is 1. The third-order valence-electron chi connectivity index (χ3n) is 3.64. The summed E-state index contributed by atoms with van der Waals surface area (Å²) in [7, 11) is 0. The number of carbonyl (C=O) groups is 1. The van der Waals surface area contributed by atoms with Crippen LogP contribution in [0.3, 0.4) is 0 Å². The molecule has 2 aromatic heterocycles. The molecule has 0 fully saturated rings. The number of fused-ring (bicyclic) bond motifs is 1. The van der Waals surface area contributed by atoms with Gasteiger partial charge >= 0.3 is 0 Å². The van der Waals surface area contributed by atoms with Gasteiger partial charge in [0, 0.05) is 4.88 Å². The van der Waals surface area contributed by atoms with E-state index in [1.54, 1.807) is 12.1 Å². The summed E-state index contributed by atoms with van der Waals surface area (Å²) < 4.78 is 5.74. The molecule has 0 aliphatic heterocycles. The molecule has 0 saturated carbocycles. The van der Waals surface area contributed by atoms with Gasteiger partial charge in [0.25, 0.3) is 5.91 Å². The molecule has 1 aliphatic rings. The Bertz CT molecular complexity index is 741. The van der Waals surface area contributed by atoms with Crippen molar-refractivity contribution in [3.8, 4) is 6.07 Å². The Morgan fingerprint density at radius 1 is 1.57 bits per heavy atom. The molecule has 1 aliphatic carbocycles.